The van der Waals surface area contributed by atoms with E-state index >= 15 is 0 Å². The van der Waals surface area contributed by atoms with Crippen molar-refractivity contribution in [1.29, 1.82) is 0 Å². The third-order valence-corrected chi connectivity index (χ3v) is 16.7. The Bertz CT molecular complexity index is 1620. The van der Waals surface area contributed by atoms with E-state index < -0.39 is 97.5 Å². The second kappa shape index (κ2) is 57.8. The van der Waals surface area contributed by atoms with E-state index in [1.54, 1.807) is 0 Å². The number of phosphoric acid groups is 2. The quantitative estimate of drug-likeness (QED) is 0.0222. The summed E-state index contributed by atoms with van der Waals surface area (Å²) in [6.45, 7) is 7.15. The first-order chi connectivity index (χ1) is 40.0. The summed E-state index contributed by atoms with van der Waals surface area (Å²) in [7, 11) is -9.88. The number of ether oxygens (including phenoxy) is 4. The lowest BCUT2D eigenvalue weighted by molar-refractivity contribution is -0.161. The van der Waals surface area contributed by atoms with Gasteiger partial charge in [-0.3, -0.25) is 37.3 Å². The van der Waals surface area contributed by atoms with Crippen LogP contribution in [0.25, 0.3) is 0 Å². The van der Waals surface area contributed by atoms with Gasteiger partial charge in [-0.15, -0.1) is 0 Å². The lowest BCUT2D eigenvalue weighted by Gasteiger charge is -2.21. The van der Waals surface area contributed by atoms with Gasteiger partial charge in [0.05, 0.1) is 26.4 Å². The highest BCUT2D eigenvalue weighted by Gasteiger charge is 2.30. The highest BCUT2D eigenvalue weighted by atomic mass is 31.2. The van der Waals surface area contributed by atoms with Crippen molar-refractivity contribution in [2.45, 2.75) is 342 Å². The maximum Gasteiger partial charge on any atom is 0.472 e. The molecule has 5 atom stereocenters. The Kier molecular flexibility index (Phi) is 56.4. The van der Waals surface area contributed by atoms with Crippen LogP contribution < -0.4 is 0 Å². The fraction of sp³-hybridized carbons (Fsp3) is 0.938. The molecule has 0 saturated carbocycles. The Balaban J connectivity index is 5.23. The van der Waals surface area contributed by atoms with Crippen molar-refractivity contribution < 1.29 is 80.2 Å². The summed E-state index contributed by atoms with van der Waals surface area (Å²) in [5.74, 6) is -1.40. The van der Waals surface area contributed by atoms with Crippen molar-refractivity contribution in [3.63, 3.8) is 0 Å². The van der Waals surface area contributed by atoms with Gasteiger partial charge in [-0.25, -0.2) is 9.13 Å². The van der Waals surface area contributed by atoms with Crippen LogP contribution in [0, 0.1) is 5.92 Å². The molecule has 0 fully saturated rings. The maximum absolute atomic E-state index is 13.0. The fourth-order valence-electron chi connectivity index (χ4n) is 9.58. The molecular weight excluding hydrogens is 1100 g/mol. The minimum atomic E-state index is -4.94. The number of aliphatic hydroxyl groups excluding tert-OH is 1. The van der Waals surface area contributed by atoms with E-state index in [4.69, 9.17) is 37.0 Å². The summed E-state index contributed by atoms with van der Waals surface area (Å²) in [6.07, 6.45) is 41.6. The van der Waals surface area contributed by atoms with Crippen LogP contribution in [-0.4, -0.2) is 96.7 Å². The molecule has 2 unspecified atom stereocenters. The van der Waals surface area contributed by atoms with Gasteiger partial charge in [-0.2, -0.15) is 0 Å². The molecule has 0 aliphatic heterocycles. The van der Waals surface area contributed by atoms with Crippen LogP contribution in [0.5, 0.6) is 0 Å². The van der Waals surface area contributed by atoms with E-state index in [9.17, 15) is 43.2 Å². The van der Waals surface area contributed by atoms with Crippen LogP contribution in [0.3, 0.4) is 0 Å². The maximum atomic E-state index is 13.0. The van der Waals surface area contributed by atoms with Crippen LogP contribution in [0.2, 0.25) is 0 Å². The summed E-state index contributed by atoms with van der Waals surface area (Å²) in [5, 5.41) is 10.5. The Hall–Kier alpha value is -1.94. The molecule has 492 valence electrons. The number of esters is 4. The molecule has 0 radical (unpaired) electrons. The topological polar surface area (TPSA) is 237 Å². The van der Waals surface area contributed by atoms with Crippen LogP contribution in [0.1, 0.15) is 324 Å². The molecule has 19 heteroatoms. The first-order valence-electron chi connectivity index (χ1n) is 33.6. The van der Waals surface area contributed by atoms with Crippen LogP contribution in [-0.2, 0) is 65.4 Å². The smallest absolute Gasteiger partial charge is 0.462 e. The number of rotatable bonds is 64. The lowest BCUT2D eigenvalue weighted by atomic mass is 10.0. The van der Waals surface area contributed by atoms with Crippen molar-refractivity contribution in [3.05, 3.63) is 0 Å². The fourth-order valence-corrected chi connectivity index (χ4v) is 11.2. The molecule has 0 heterocycles. The Morgan fingerprint density at radius 1 is 0.325 bits per heavy atom. The Labute approximate surface area is 505 Å². The summed E-state index contributed by atoms with van der Waals surface area (Å²) in [6, 6.07) is 0. The molecule has 0 aromatic carbocycles. The molecule has 0 rings (SSSR count). The van der Waals surface area contributed by atoms with E-state index in [1.165, 1.54) is 141 Å². The minimum Gasteiger partial charge on any atom is -0.462 e. The van der Waals surface area contributed by atoms with Gasteiger partial charge in [0, 0.05) is 25.7 Å². The third kappa shape index (κ3) is 58.8. The van der Waals surface area contributed by atoms with Crippen molar-refractivity contribution in [2.24, 2.45) is 5.92 Å². The van der Waals surface area contributed by atoms with E-state index in [-0.39, 0.29) is 25.7 Å². The van der Waals surface area contributed by atoms with Crippen LogP contribution in [0.15, 0.2) is 0 Å². The summed E-state index contributed by atoms with van der Waals surface area (Å²) >= 11 is 0. The molecule has 83 heavy (non-hydrogen) atoms. The second-order valence-corrected chi connectivity index (χ2v) is 26.5. The number of carbonyl (C=O) groups excluding carboxylic acids is 4. The van der Waals surface area contributed by atoms with Crippen molar-refractivity contribution in [2.75, 3.05) is 39.6 Å². The zero-order chi connectivity index (χ0) is 61.3. The standard InChI is InChI=1S/C64H124O17P2/c1-6-9-12-15-18-21-23-25-28-33-38-43-48-62(67)75-54-60(81-64(69)50-45-40-35-30-26-27-31-36-41-46-57(4)5)56-79-83(72,73)77-52-58(65)51-76-82(70,71)78-55-59(53-74-61(66)47-42-37-32-20-17-14-11-8-3)80-63(68)49-44-39-34-29-24-22-19-16-13-10-7-2/h57-60,65H,6-56H2,1-5H3,(H,70,71)(H,72,73)/t58-,59+,60+/m0/s1. The SMILES string of the molecule is CCCCCCCCCCCCCCC(=O)OC[C@H](COP(=O)(O)OC[C@@H](O)COP(=O)(O)OC[C@@H](COC(=O)CCCCCCCCCC)OC(=O)CCCCCCCCCCCCC)OC(=O)CCCCCCCCCCCC(C)C. The number of hydrogen-bond acceptors (Lipinski definition) is 15. The first-order valence-corrected chi connectivity index (χ1v) is 36.6. The van der Waals surface area contributed by atoms with E-state index in [0.29, 0.717) is 25.7 Å². The van der Waals surface area contributed by atoms with Crippen LogP contribution in [0.4, 0.5) is 0 Å². The van der Waals surface area contributed by atoms with Gasteiger partial charge in [0.25, 0.3) is 0 Å². The van der Waals surface area contributed by atoms with Gasteiger partial charge in [0.15, 0.2) is 12.2 Å². The zero-order valence-electron chi connectivity index (χ0n) is 53.3. The molecule has 0 spiro atoms. The monoisotopic (exact) mass is 1230 g/mol. The highest BCUT2D eigenvalue weighted by molar-refractivity contribution is 7.47. The molecule has 0 amide bonds. The first kappa shape index (κ1) is 81.1. The van der Waals surface area contributed by atoms with Gasteiger partial charge in [0.1, 0.15) is 19.3 Å². The number of unbranched alkanes of at least 4 members (excludes halogenated alkanes) is 36. The third-order valence-electron chi connectivity index (χ3n) is 14.8. The summed E-state index contributed by atoms with van der Waals surface area (Å²) in [5.41, 5.74) is 0. The normalized spacial score (nSPS) is 14.2. The van der Waals surface area contributed by atoms with Gasteiger partial charge >= 0.3 is 39.5 Å². The predicted octanol–water partition coefficient (Wildman–Crippen LogP) is 17.8. The second-order valence-electron chi connectivity index (χ2n) is 23.6. The molecule has 0 aromatic heterocycles. The van der Waals surface area contributed by atoms with E-state index in [2.05, 4.69) is 34.6 Å². The average Bonchev–Trinajstić information content (AvgIpc) is 3.50. The summed E-state index contributed by atoms with van der Waals surface area (Å²) < 4.78 is 68.0. The van der Waals surface area contributed by atoms with Gasteiger partial charge in [0.2, 0.25) is 0 Å². The molecule has 0 saturated heterocycles. The number of hydrogen-bond donors (Lipinski definition) is 3. The van der Waals surface area contributed by atoms with Crippen molar-refractivity contribution in [1.82, 2.24) is 0 Å². The van der Waals surface area contributed by atoms with E-state index in [0.717, 1.165) is 102 Å². The molecule has 17 nitrogen and oxygen atoms in total. The molecule has 0 aliphatic rings. The van der Waals surface area contributed by atoms with Gasteiger partial charge in [-0.05, 0) is 31.6 Å². The predicted molar refractivity (Wildman–Crippen MR) is 331 cm³/mol. The average molecular weight is 1230 g/mol. The number of carbonyl (C=O) groups is 4. The van der Waals surface area contributed by atoms with Crippen molar-refractivity contribution >= 4 is 39.5 Å². The minimum absolute atomic E-state index is 0.106. The molecular formula is C64H124O17P2. The summed E-state index contributed by atoms with van der Waals surface area (Å²) in [4.78, 5) is 72.2. The largest absolute Gasteiger partial charge is 0.472 e. The van der Waals surface area contributed by atoms with Gasteiger partial charge in [-0.1, -0.05) is 272 Å². The molecule has 0 aliphatic carbocycles. The molecule has 0 bridgehead atoms. The Morgan fingerprint density at radius 3 is 0.819 bits per heavy atom. The molecule has 3 N–H and O–H groups in total. The van der Waals surface area contributed by atoms with Crippen LogP contribution >= 0.6 is 15.6 Å². The highest BCUT2D eigenvalue weighted by Crippen LogP contribution is 2.45. The number of aliphatic hydroxyl groups is 1. The zero-order valence-corrected chi connectivity index (χ0v) is 55.1. The Morgan fingerprint density at radius 2 is 0.554 bits per heavy atom. The number of phosphoric ester groups is 2. The van der Waals surface area contributed by atoms with Gasteiger partial charge < -0.3 is 33.8 Å². The van der Waals surface area contributed by atoms with E-state index in [1.807, 2.05) is 0 Å². The molecule has 0 aromatic rings. The van der Waals surface area contributed by atoms with Crippen molar-refractivity contribution in [3.8, 4) is 0 Å². The lowest BCUT2D eigenvalue weighted by Crippen LogP contribution is -2.30.